The predicted octanol–water partition coefficient (Wildman–Crippen LogP) is 2.41. The molecule has 0 aliphatic rings. The van der Waals surface area contributed by atoms with Gasteiger partial charge in [0.15, 0.2) is 0 Å². The smallest absolute Gasteiger partial charge is 0.133 e. The van der Waals surface area contributed by atoms with Gasteiger partial charge in [-0.15, -0.1) is 0 Å². The van der Waals surface area contributed by atoms with Crippen molar-refractivity contribution in [1.82, 2.24) is 4.98 Å². The number of pyridine rings is 1. The van der Waals surface area contributed by atoms with Crippen molar-refractivity contribution in [2.45, 2.75) is 12.2 Å². The van der Waals surface area contributed by atoms with Gasteiger partial charge < -0.3 is 5.32 Å². The molecule has 0 aliphatic carbocycles. The summed E-state index contributed by atoms with van der Waals surface area (Å²) in [5.41, 5.74) is 0. The van der Waals surface area contributed by atoms with E-state index in [-0.39, 0.29) is 5.25 Å². The van der Waals surface area contributed by atoms with Crippen LogP contribution in [-0.4, -0.2) is 27.2 Å². The first kappa shape index (κ1) is 12.0. The Kier molecular flexibility index (Phi) is 3.74. The third-order valence-electron chi connectivity index (χ3n) is 2.80. The fraction of sp³-hybridized carbons (Fsp3) is 0.308. The molecule has 0 bridgehead atoms. The van der Waals surface area contributed by atoms with E-state index in [4.69, 9.17) is 0 Å². The molecule has 3 nitrogen and oxygen atoms in total. The zero-order chi connectivity index (χ0) is 12.3. The summed E-state index contributed by atoms with van der Waals surface area (Å²) < 4.78 is 11.3. The van der Waals surface area contributed by atoms with E-state index in [1.165, 1.54) is 0 Å². The lowest BCUT2D eigenvalue weighted by Gasteiger charge is -2.12. The van der Waals surface area contributed by atoms with E-state index >= 15 is 0 Å². The Balaban J connectivity index is 2.21. The van der Waals surface area contributed by atoms with Crippen molar-refractivity contribution >= 4 is 27.4 Å². The Morgan fingerprint density at radius 3 is 2.88 bits per heavy atom. The lowest BCUT2D eigenvalue weighted by Crippen LogP contribution is -2.21. The van der Waals surface area contributed by atoms with Crippen LogP contribution >= 0.6 is 0 Å². The summed E-state index contributed by atoms with van der Waals surface area (Å²) in [5, 5.41) is 5.65. The van der Waals surface area contributed by atoms with Gasteiger partial charge in [-0.05, 0) is 18.4 Å². The lowest BCUT2D eigenvalue weighted by molar-refractivity contribution is 0.679. The van der Waals surface area contributed by atoms with Gasteiger partial charge in [0.25, 0.3) is 0 Å². The number of nitrogens with one attached hydrogen (secondary N) is 1. The summed E-state index contributed by atoms with van der Waals surface area (Å²) in [5.74, 6) is 0.861. The van der Waals surface area contributed by atoms with Crippen LogP contribution in [-0.2, 0) is 10.8 Å². The number of hydrogen-bond acceptors (Lipinski definition) is 3. The minimum absolute atomic E-state index is 0.121. The number of nitrogens with zero attached hydrogens (tertiary/aromatic N) is 1. The van der Waals surface area contributed by atoms with E-state index in [9.17, 15) is 4.21 Å². The van der Waals surface area contributed by atoms with E-state index in [0.717, 1.165) is 16.6 Å². The second-order valence-electron chi connectivity index (χ2n) is 4.07. The Bertz CT molecular complexity index is 536. The molecule has 2 atom stereocenters. The quantitative estimate of drug-likeness (QED) is 0.903. The summed E-state index contributed by atoms with van der Waals surface area (Å²) in [6.45, 7) is 2.64. The molecule has 0 saturated heterocycles. The summed E-state index contributed by atoms with van der Waals surface area (Å²) in [7, 11) is -0.808. The van der Waals surface area contributed by atoms with Crippen LogP contribution in [0.3, 0.4) is 0 Å². The van der Waals surface area contributed by atoms with Crippen molar-refractivity contribution in [2.75, 3.05) is 18.1 Å². The minimum atomic E-state index is -0.808. The molecular formula is C13H16N2OS. The van der Waals surface area contributed by atoms with Crippen molar-refractivity contribution in [2.24, 2.45) is 0 Å². The SMILES string of the molecule is CC(CNc1nccc2ccccc12)S(C)=O. The molecule has 2 aromatic rings. The minimum Gasteiger partial charge on any atom is -0.368 e. The molecule has 0 amide bonds. The van der Waals surface area contributed by atoms with E-state index in [1.807, 2.05) is 31.2 Å². The first-order valence-corrected chi connectivity index (χ1v) is 7.20. The highest BCUT2D eigenvalue weighted by atomic mass is 32.2. The maximum Gasteiger partial charge on any atom is 0.133 e. The highest BCUT2D eigenvalue weighted by Gasteiger charge is 2.07. The normalized spacial score (nSPS) is 14.5. The van der Waals surface area contributed by atoms with Crippen molar-refractivity contribution in [3.63, 3.8) is 0 Å². The monoisotopic (exact) mass is 248 g/mol. The van der Waals surface area contributed by atoms with Crippen LogP contribution in [0.15, 0.2) is 36.5 Å². The zero-order valence-corrected chi connectivity index (χ0v) is 10.8. The topological polar surface area (TPSA) is 42.0 Å². The number of aromatic nitrogens is 1. The highest BCUT2D eigenvalue weighted by Crippen LogP contribution is 2.20. The van der Waals surface area contributed by atoms with Crippen LogP contribution in [0.1, 0.15) is 6.92 Å². The van der Waals surface area contributed by atoms with Crippen molar-refractivity contribution < 1.29 is 4.21 Å². The number of hydrogen-bond donors (Lipinski definition) is 1. The molecule has 0 radical (unpaired) electrons. The molecule has 0 fully saturated rings. The van der Waals surface area contributed by atoms with Crippen LogP contribution in [0, 0.1) is 0 Å². The molecule has 4 heteroatoms. The molecule has 2 unspecified atom stereocenters. The van der Waals surface area contributed by atoms with Crippen molar-refractivity contribution in [1.29, 1.82) is 0 Å². The van der Waals surface area contributed by atoms with Crippen LogP contribution in [0.25, 0.3) is 10.8 Å². The van der Waals surface area contributed by atoms with Gasteiger partial charge in [0.2, 0.25) is 0 Å². The molecule has 1 aromatic heterocycles. The van der Waals surface area contributed by atoms with Gasteiger partial charge >= 0.3 is 0 Å². The average Bonchev–Trinajstić information content (AvgIpc) is 2.35. The molecular weight excluding hydrogens is 232 g/mol. The first-order valence-electron chi connectivity index (χ1n) is 5.58. The predicted molar refractivity (Wildman–Crippen MR) is 73.8 cm³/mol. The fourth-order valence-corrected chi connectivity index (χ4v) is 1.94. The summed E-state index contributed by atoms with van der Waals surface area (Å²) >= 11 is 0. The number of fused-ring (bicyclic) bond motifs is 1. The highest BCUT2D eigenvalue weighted by molar-refractivity contribution is 7.84. The van der Waals surface area contributed by atoms with Gasteiger partial charge in [-0.1, -0.05) is 24.3 Å². The van der Waals surface area contributed by atoms with Gasteiger partial charge in [0, 0.05) is 40.4 Å². The van der Waals surface area contributed by atoms with Crippen LogP contribution in [0.2, 0.25) is 0 Å². The third kappa shape index (κ3) is 2.82. The maximum absolute atomic E-state index is 11.3. The summed E-state index contributed by atoms with van der Waals surface area (Å²) in [4.78, 5) is 4.33. The van der Waals surface area contributed by atoms with E-state index < -0.39 is 10.8 Å². The Morgan fingerprint density at radius 1 is 1.35 bits per heavy atom. The summed E-state index contributed by atoms with van der Waals surface area (Å²) in [6.07, 6.45) is 3.51. The number of rotatable bonds is 4. The van der Waals surface area contributed by atoms with Crippen LogP contribution < -0.4 is 5.32 Å². The molecule has 0 aliphatic heterocycles. The third-order valence-corrected chi connectivity index (χ3v) is 4.10. The molecule has 0 saturated carbocycles. The van der Waals surface area contributed by atoms with E-state index in [1.54, 1.807) is 12.5 Å². The molecule has 2 rings (SSSR count). The Labute approximate surface area is 104 Å². The van der Waals surface area contributed by atoms with Crippen LogP contribution in [0.4, 0.5) is 5.82 Å². The standard InChI is InChI=1S/C13H16N2OS/c1-10(17(2)16)9-15-13-12-6-4-3-5-11(12)7-8-14-13/h3-8,10H,9H2,1-2H3,(H,14,15). The maximum atomic E-state index is 11.3. The average molecular weight is 248 g/mol. The Morgan fingerprint density at radius 2 is 2.12 bits per heavy atom. The van der Waals surface area contributed by atoms with Crippen molar-refractivity contribution in [3.8, 4) is 0 Å². The number of anilines is 1. The molecule has 17 heavy (non-hydrogen) atoms. The molecule has 1 aromatic carbocycles. The van der Waals surface area contributed by atoms with Gasteiger partial charge in [-0.25, -0.2) is 4.98 Å². The lowest BCUT2D eigenvalue weighted by atomic mass is 10.1. The first-order chi connectivity index (χ1) is 8.18. The summed E-state index contributed by atoms with van der Waals surface area (Å²) in [6, 6.07) is 10.1. The van der Waals surface area contributed by atoms with Gasteiger partial charge in [0.05, 0.1) is 0 Å². The Hall–Kier alpha value is -1.42. The number of benzene rings is 1. The van der Waals surface area contributed by atoms with Crippen LogP contribution in [0.5, 0.6) is 0 Å². The largest absolute Gasteiger partial charge is 0.368 e. The van der Waals surface area contributed by atoms with Gasteiger partial charge in [-0.3, -0.25) is 4.21 Å². The van der Waals surface area contributed by atoms with Gasteiger partial charge in [-0.2, -0.15) is 0 Å². The second kappa shape index (κ2) is 5.27. The molecule has 1 heterocycles. The molecule has 90 valence electrons. The second-order valence-corrected chi connectivity index (χ2v) is 5.87. The van der Waals surface area contributed by atoms with E-state index in [2.05, 4.69) is 16.4 Å². The van der Waals surface area contributed by atoms with Gasteiger partial charge in [0.1, 0.15) is 5.82 Å². The van der Waals surface area contributed by atoms with Crippen molar-refractivity contribution in [3.05, 3.63) is 36.5 Å². The van der Waals surface area contributed by atoms with E-state index in [0.29, 0.717) is 6.54 Å². The zero-order valence-electron chi connectivity index (χ0n) is 10.0. The molecule has 0 spiro atoms. The fourth-order valence-electron chi connectivity index (χ4n) is 1.62. The molecule has 1 N–H and O–H groups in total.